The Hall–Kier alpha value is -13.1. The molecule has 0 aliphatic rings. The second-order valence-corrected chi connectivity index (χ2v) is 24.4. The van der Waals surface area contributed by atoms with Crippen LogP contribution >= 0.6 is 0 Å². The van der Waals surface area contributed by atoms with Crippen molar-refractivity contribution in [1.82, 2.24) is 0 Å². The molecule has 0 saturated carbocycles. The zero-order valence-corrected chi connectivity index (χ0v) is 54.8. The molecule has 17 aromatic rings. The summed E-state index contributed by atoms with van der Waals surface area (Å²) in [5.74, 6) is 0. The van der Waals surface area contributed by atoms with Gasteiger partial charge in [-0.25, -0.2) is 0 Å². The van der Waals surface area contributed by atoms with Gasteiger partial charge in [0.25, 0.3) is 0 Å². The number of hydrogen-bond acceptors (Lipinski definition) is 3. The third-order valence-electron chi connectivity index (χ3n) is 18.2. The quantitative estimate of drug-likeness (QED) is 0.107. The normalized spacial score (nSPS) is 10.8. The lowest BCUT2D eigenvalue weighted by atomic mass is 9.96. The Labute approximate surface area is 581 Å². The summed E-state index contributed by atoms with van der Waals surface area (Å²) in [7, 11) is 0. The Kier molecular flexibility index (Phi) is 18.6. The number of benzene rings is 17. The number of hydrogen-bond donors (Lipinski definition) is 0. The fraction of sp³-hybridized carbons (Fsp3) is 0. The maximum Gasteiger partial charge on any atom is 0.0462 e. The van der Waals surface area contributed by atoms with E-state index in [0.29, 0.717) is 0 Å². The van der Waals surface area contributed by atoms with Crippen LogP contribution in [-0.4, -0.2) is 0 Å². The SMILES string of the molecule is c1ccc(-c2ccc(N(c3ccccc3)c3ccc(-c4cccc5ccccc45)cc3)cc2)cc1.c1ccc(N(c2ccccc2)c2ccc(-c3ccc(-c4cccc5ccccc45)cc3)cc2)cc1.c1ccc(N(c2ccccc2)c2ccc(-c3cccc4ccccc34)cc2)cc1. The largest absolute Gasteiger partial charge is 0.311 e. The minimum Gasteiger partial charge on any atom is -0.311 e. The van der Waals surface area contributed by atoms with Crippen LogP contribution in [0.2, 0.25) is 0 Å². The average Bonchev–Trinajstić information content (AvgIpc) is 1.04. The monoisotopic (exact) mass is 1270 g/mol. The van der Waals surface area contributed by atoms with Gasteiger partial charge in [-0.1, -0.05) is 322 Å². The van der Waals surface area contributed by atoms with E-state index in [1.165, 1.54) is 88.0 Å². The van der Waals surface area contributed by atoms with Crippen LogP contribution < -0.4 is 14.7 Å². The summed E-state index contributed by atoms with van der Waals surface area (Å²) in [5.41, 5.74) is 22.6. The second kappa shape index (κ2) is 29.7. The van der Waals surface area contributed by atoms with E-state index < -0.39 is 0 Å². The van der Waals surface area contributed by atoms with Crippen LogP contribution in [0.4, 0.5) is 51.2 Å². The van der Waals surface area contributed by atoms with Gasteiger partial charge in [0.2, 0.25) is 0 Å². The van der Waals surface area contributed by atoms with Gasteiger partial charge < -0.3 is 14.7 Å². The number of rotatable bonds is 14. The van der Waals surface area contributed by atoms with Gasteiger partial charge in [0.1, 0.15) is 0 Å². The van der Waals surface area contributed by atoms with E-state index in [0.717, 1.165) is 51.2 Å². The van der Waals surface area contributed by atoms with Crippen molar-refractivity contribution in [3.05, 3.63) is 431 Å². The van der Waals surface area contributed by atoms with Gasteiger partial charge in [-0.3, -0.25) is 0 Å². The second-order valence-electron chi connectivity index (χ2n) is 24.4. The molecule has 0 bridgehead atoms. The lowest BCUT2D eigenvalue weighted by Gasteiger charge is -2.26. The highest BCUT2D eigenvalue weighted by Gasteiger charge is 2.17. The first kappa shape index (κ1) is 62.1. The fourth-order valence-corrected chi connectivity index (χ4v) is 13.3. The van der Waals surface area contributed by atoms with Crippen molar-refractivity contribution in [3.8, 4) is 55.6 Å². The molecule has 0 saturated heterocycles. The Morgan fingerprint density at radius 2 is 0.283 bits per heavy atom. The molecular weight excluding hydrogens is 1200 g/mol. The van der Waals surface area contributed by atoms with Crippen molar-refractivity contribution < 1.29 is 0 Å². The predicted molar refractivity (Wildman–Crippen MR) is 423 cm³/mol. The topological polar surface area (TPSA) is 9.72 Å². The average molecular weight is 1270 g/mol. The van der Waals surface area contributed by atoms with E-state index in [1.807, 2.05) is 0 Å². The number of anilines is 9. The van der Waals surface area contributed by atoms with Crippen LogP contribution in [-0.2, 0) is 0 Å². The molecule has 0 radical (unpaired) electrons. The van der Waals surface area contributed by atoms with Gasteiger partial charge in [0.15, 0.2) is 0 Å². The molecule has 0 fully saturated rings. The van der Waals surface area contributed by atoms with Gasteiger partial charge in [-0.05, 0) is 197 Å². The molecule has 3 heteroatoms. The highest BCUT2D eigenvalue weighted by atomic mass is 15.2. The zero-order chi connectivity index (χ0) is 66.4. The molecule has 3 nitrogen and oxygen atoms in total. The minimum atomic E-state index is 1.13. The van der Waals surface area contributed by atoms with Crippen molar-refractivity contribution in [2.24, 2.45) is 0 Å². The Morgan fingerprint density at radius 1 is 0.111 bits per heavy atom. The smallest absolute Gasteiger partial charge is 0.0462 e. The van der Waals surface area contributed by atoms with E-state index >= 15 is 0 Å². The highest BCUT2D eigenvalue weighted by Crippen LogP contribution is 2.41. The molecule has 0 N–H and O–H groups in total. The van der Waals surface area contributed by atoms with E-state index in [-0.39, 0.29) is 0 Å². The van der Waals surface area contributed by atoms with E-state index in [1.54, 1.807) is 0 Å². The summed E-state index contributed by atoms with van der Waals surface area (Å²) in [6.07, 6.45) is 0. The van der Waals surface area contributed by atoms with E-state index in [2.05, 4.69) is 445 Å². The molecule has 0 aliphatic heterocycles. The summed E-state index contributed by atoms with van der Waals surface area (Å²) in [5, 5.41) is 7.65. The summed E-state index contributed by atoms with van der Waals surface area (Å²) in [6, 6.07) is 153. The first-order chi connectivity index (χ1) is 49.1. The van der Waals surface area contributed by atoms with Gasteiger partial charge in [-0.2, -0.15) is 0 Å². The third kappa shape index (κ3) is 14.0. The minimum absolute atomic E-state index is 1.13. The third-order valence-corrected chi connectivity index (χ3v) is 18.2. The molecule has 0 aromatic heterocycles. The first-order valence-electron chi connectivity index (χ1n) is 33.8. The molecule has 0 unspecified atom stereocenters. The van der Waals surface area contributed by atoms with Gasteiger partial charge in [0.05, 0.1) is 0 Å². The van der Waals surface area contributed by atoms with Gasteiger partial charge in [-0.15, -0.1) is 0 Å². The fourth-order valence-electron chi connectivity index (χ4n) is 13.3. The lowest BCUT2D eigenvalue weighted by molar-refractivity contribution is 1.28. The molecule has 17 aromatic carbocycles. The van der Waals surface area contributed by atoms with Gasteiger partial charge in [0, 0.05) is 51.2 Å². The standard InChI is InChI=1S/2C34H25N.C28H21N/c1-3-12-30(13-4-1)35(31-14-5-2-6-15-31)32-24-22-27(23-25-32)26-18-20-29(21-19-26)34-17-9-11-28-10-7-8-16-33(28)34;1-3-10-26(11-4-1)27-18-22-31(23-19-27)35(30-14-5-2-6-15-30)32-24-20-29(21-25-32)34-17-9-13-28-12-7-8-16-33(28)34;1-3-12-24(13-4-1)29(25-14-5-2-6-15-25)26-20-18-23(19-21-26)28-17-9-11-22-10-7-8-16-27(22)28/h2*1-25H;1-21H. The Bertz CT molecular complexity index is 5330. The first-order valence-corrected chi connectivity index (χ1v) is 33.8. The summed E-state index contributed by atoms with van der Waals surface area (Å²) >= 11 is 0. The van der Waals surface area contributed by atoms with Crippen LogP contribution in [0.25, 0.3) is 88.0 Å². The molecule has 0 aliphatic carbocycles. The summed E-state index contributed by atoms with van der Waals surface area (Å²) in [6.45, 7) is 0. The van der Waals surface area contributed by atoms with Crippen LogP contribution in [0.1, 0.15) is 0 Å². The molecule has 470 valence electrons. The molecule has 0 spiro atoms. The van der Waals surface area contributed by atoms with Crippen LogP contribution in [0.3, 0.4) is 0 Å². The van der Waals surface area contributed by atoms with Crippen LogP contribution in [0.15, 0.2) is 431 Å². The van der Waals surface area contributed by atoms with Gasteiger partial charge >= 0.3 is 0 Å². The maximum absolute atomic E-state index is 2.31. The van der Waals surface area contributed by atoms with Crippen molar-refractivity contribution in [1.29, 1.82) is 0 Å². The predicted octanol–water partition coefficient (Wildman–Crippen LogP) is 27.3. The highest BCUT2D eigenvalue weighted by molar-refractivity contribution is 5.99. The number of nitrogens with zero attached hydrogens (tertiary/aromatic N) is 3. The molecule has 0 amide bonds. The summed E-state index contributed by atoms with van der Waals surface area (Å²) < 4.78 is 0. The van der Waals surface area contributed by atoms with Crippen molar-refractivity contribution >= 4 is 83.5 Å². The summed E-state index contributed by atoms with van der Waals surface area (Å²) in [4.78, 5) is 6.88. The van der Waals surface area contributed by atoms with Crippen molar-refractivity contribution in [3.63, 3.8) is 0 Å². The Balaban J connectivity index is 0.000000122. The molecule has 0 heterocycles. The lowest BCUT2D eigenvalue weighted by Crippen LogP contribution is -2.09. The van der Waals surface area contributed by atoms with E-state index in [9.17, 15) is 0 Å². The van der Waals surface area contributed by atoms with Crippen molar-refractivity contribution in [2.45, 2.75) is 0 Å². The number of fused-ring (bicyclic) bond motifs is 3. The molecule has 99 heavy (non-hydrogen) atoms. The molecule has 17 rings (SSSR count). The molecular formula is C96H71N3. The zero-order valence-electron chi connectivity index (χ0n) is 54.8. The van der Waals surface area contributed by atoms with Crippen LogP contribution in [0.5, 0.6) is 0 Å². The van der Waals surface area contributed by atoms with Crippen molar-refractivity contribution in [2.75, 3.05) is 14.7 Å². The molecule has 0 atom stereocenters. The maximum atomic E-state index is 2.31. The Morgan fingerprint density at radius 3 is 0.545 bits per heavy atom. The van der Waals surface area contributed by atoms with E-state index in [4.69, 9.17) is 0 Å². The van der Waals surface area contributed by atoms with Crippen LogP contribution in [0, 0.1) is 0 Å². The number of para-hydroxylation sites is 5.